The first kappa shape index (κ1) is 14.3. The third kappa shape index (κ3) is 3.09. The van der Waals surface area contributed by atoms with Crippen molar-refractivity contribution in [3.63, 3.8) is 0 Å². The molecule has 6 heteroatoms. The maximum absolute atomic E-state index is 12.4. The summed E-state index contributed by atoms with van der Waals surface area (Å²) in [5, 5.41) is 0. The average molecular weight is 286 g/mol. The SMILES string of the molecule is CC1CN(c2nccn(C(C)C)c2=O)CC(CCl)O1. The van der Waals surface area contributed by atoms with Gasteiger partial charge in [-0.15, -0.1) is 11.6 Å². The molecule has 0 N–H and O–H groups in total. The first-order valence-electron chi connectivity index (χ1n) is 6.56. The minimum Gasteiger partial charge on any atom is -0.370 e. The van der Waals surface area contributed by atoms with Gasteiger partial charge in [0.15, 0.2) is 5.82 Å². The topological polar surface area (TPSA) is 47.4 Å². The molecule has 2 unspecified atom stereocenters. The lowest BCUT2D eigenvalue weighted by molar-refractivity contribution is -0.00368. The molecule has 19 heavy (non-hydrogen) atoms. The number of aromatic nitrogens is 2. The number of halogens is 1. The molecule has 2 atom stereocenters. The van der Waals surface area contributed by atoms with Crippen LogP contribution in [0.25, 0.3) is 0 Å². The summed E-state index contributed by atoms with van der Waals surface area (Å²) in [4.78, 5) is 18.6. The van der Waals surface area contributed by atoms with Crippen molar-refractivity contribution in [1.82, 2.24) is 9.55 Å². The molecule has 1 fully saturated rings. The van der Waals surface area contributed by atoms with E-state index < -0.39 is 0 Å². The van der Waals surface area contributed by atoms with Crippen molar-refractivity contribution in [2.75, 3.05) is 23.9 Å². The minimum atomic E-state index is -0.0562. The van der Waals surface area contributed by atoms with Crippen molar-refractivity contribution >= 4 is 17.4 Å². The van der Waals surface area contributed by atoms with E-state index in [2.05, 4.69) is 4.98 Å². The van der Waals surface area contributed by atoms with E-state index >= 15 is 0 Å². The summed E-state index contributed by atoms with van der Waals surface area (Å²) in [6, 6.07) is 0.122. The Morgan fingerprint density at radius 3 is 2.89 bits per heavy atom. The van der Waals surface area contributed by atoms with Gasteiger partial charge in [-0.25, -0.2) is 4.98 Å². The van der Waals surface area contributed by atoms with Crippen molar-refractivity contribution in [3.8, 4) is 0 Å². The van der Waals surface area contributed by atoms with E-state index in [-0.39, 0.29) is 23.8 Å². The first-order chi connectivity index (χ1) is 9.02. The Morgan fingerprint density at radius 1 is 1.53 bits per heavy atom. The van der Waals surface area contributed by atoms with Crippen LogP contribution in [0.15, 0.2) is 17.2 Å². The molecule has 1 aliphatic heterocycles. The van der Waals surface area contributed by atoms with Crippen LogP contribution in [-0.4, -0.2) is 40.7 Å². The zero-order valence-electron chi connectivity index (χ0n) is 11.5. The summed E-state index contributed by atoms with van der Waals surface area (Å²) in [6.07, 6.45) is 3.39. The van der Waals surface area contributed by atoms with Crippen LogP contribution in [-0.2, 0) is 4.74 Å². The number of anilines is 1. The van der Waals surface area contributed by atoms with Crippen LogP contribution in [0.1, 0.15) is 26.8 Å². The lowest BCUT2D eigenvalue weighted by Crippen LogP contribution is -2.49. The molecule has 0 aliphatic carbocycles. The summed E-state index contributed by atoms with van der Waals surface area (Å²) in [6.45, 7) is 7.22. The van der Waals surface area contributed by atoms with Gasteiger partial charge in [0.2, 0.25) is 0 Å². The lowest BCUT2D eigenvalue weighted by Gasteiger charge is -2.36. The second-order valence-electron chi connectivity index (χ2n) is 5.19. The Morgan fingerprint density at radius 2 is 2.26 bits per heavy atom. The summed E-state index contributed by atoms with van der Waals surface area (Å²) in [7, 11) is 0. The van der Waals surface area contributed by atoms with Gasteiger partial charge in [0.1, 0.15) is 0 Å². The molecule has 1 saturated heterocycles. The Balaban J connectivity index is 2.31. The van der Waals surface area contributed by atoms with E-state index in [9.17, 15) is 4.79 Å². The Bertz CT molecular complexity index is 489. The highest BCUT2D eigenvalue weighted by molar-refractivity contribution is 6.18. The van der Waals surface area contributed by atoms with Gasteiger partial charge >= 0.3 is 0 Å². The predicted molar refractivity (Wildman–Crippen MR) is 76.2 cm³/mol. The van der Waals surface area contributed by atoms with Crippen LogP contribution in [0.5, 0.6) is 0 Å². The molecule has 106 valence electrons. The number of alkyl halides is 1. The molecule has 1 aromatic rings. The van der Waals surface area contributed by atoms with Gasteiger partial charge in [-0.05, 0) is 20.8 Å². The van der Waals surface area contributed by atoms with Crippen LogP contribution in [0.4, 0.5) is 5.82 Å². The molecule has 2 heterocycles. The minimum absolute atomic E-state index is 0.0476. The van der Waals surface area contributed by atoms with Gasteiger partial charge < -0.3 is 14.2 Å². The Hall–Kier alpha value is -1.07. The van der Waals surface area contributed by atoms with Gasteiger partial charge in [0.25, 0.3) is 5.56 Å². The predicted octanol–water partition coefficient (Wildman–Crippen LogP) is 1.66. The van der Waals surface area contributed by atoms with Crippen molar-refractivity contribution in [2.24, 2.45) is 0 Å². The fourth-order valence-electron chi connectivity index (χ4n) is 2.34. The van der Waals surface area contributed by atoms with Crippen LogP contribution >= 0.6 is 11.6 Å². The zero-order valence-corrected chi connectivity index (χ0v) is 12.3. The quantitative estimate of drug-likeness (QED) is 0.793. The summed E-state index contributed by atoms with van der Waals surface area (Å²) >= 11 is 5.86. The monoisotopic (exact) mass is 285 g/mol. The molecule has 0 spiro atoms. The lowest BCUT2D eigenvalue weighted by atomic mass is 10.2. The number of nitrogens with zero attached hydrogens (tertiary/aromatic N) is 3. The zero-order chi connectivity index (χ0) is 14.0. The number of rotatable bonds is 3. The highest BCUT2D eigenvalue weighted by Gasteiger charge is 2.27. The molecule has 0 amide bonds. The fraction of sp³-hybridized carbons (Fsp3) is 0.692. The maximum atomic E-state index is 12.4. The summed E-state index contributed by atoms with van der Waals surface area (Å²) < 4.78 is 7.39. The second-order valence-corrected chi connectivity index (χ2v) is 5.49. The van der Waals surface area contributed by atoms with Gasteiger partial charge in [-0.3, -0.25) is 4.79 Å². The van der Waals surface area contributed by atoms with Gasteiger partial charge in [-0.2, -0.15) is 0 Å². The van der Waals surface area contributed by atoms with Crippen molar-refractivity contribution < 1.29 is 4.74 Å². The molecular formula is C13H20ClN3O2. The van der Waals surface area contributed by atoms with E-state index in [0.29, 0.717) is 24.8 Å². The summed E-state index contributed by atoms with van der Waals surface area (Å²) in [5.74, 6) is 0.910. The fourth-order valence-corrected chi connectivity index (χ4v) is 2.51. The molecule has 0 aromatic carbocycles. The molecular weight excluding hydrogens is 266 g/mol. The van der Waals surface area contributed by atoms with E-state index in [4.69, 9.17) is 16.3 Å². The molecule has 1 aromatic heterocycles. The van der Waals surface area contributed by atoms with E-state index in [0.717, 1.165) is 0 Å². The standard InChI is InChI=1S/C13H20ClN3O2/c1-9(2)17-5-4-15-12(13(17)18)16-7-10(3)19-11(6-14)8-16/h4-5,9-11H,6-8H2,1-3H3. The van der Waals surface area contributed by atoms with Gasteiger partial charge in [0.05, 0.1) is 18.1 Å². The van der Waals surface area contributed by atoms with Crippen molar-refractivity contribution in [1.29, 1.82) is 0 Å². The number of hydrogen-bond acceptors (Lipinski definition) is 4. The van der Waals surface area contributed by atoms with Gasteiger partial charge in [-0.1, -0.05) is 0 Å². The number of morpholine rings is 1. The van der Waals surface area contributed by atoms with Crippen LogP contribution in [0, 0.1) is 0 Å². The second kappa shape index (κ2) is 5.92. The van der Waals surface area contributed by atoms with Crippen molar-refractivity contribution in [2.45, 2.75) is 39.0 Å². The molecule has 0 saturated carbocycles. The Labute approximate surface area is 118 Å². The molecule has 5 nitrogen and oxygen atoms in total. The van der Waals surface area contributed by atoms with Crippen molar-refractivity contribution in [3.05, 3.63) is 22.7 Å². The molecule has 2 rings (SSSR count). The van der Waals surface area contributed by atoms with Crippen LogP contribution in [0.3, 0.4) is 0 Å². The van der Waals surface area contributed by atoms with E-state index in [1.165, 1.54) is 0 Å². The van der Waals surface area contributed by atoms with Crippen LogP contribution in [0.2, 0.25) is 0 Å². The van der Waals surface area contributed by atoms with Crippen LogP contribution < -0.4 is 10.5 Å². The summed E-state index contributed by atoms with van der Waals surface area (Å²) in [5.41, 5.74) is -0.0556. The van der Waals surface area contributed by atoms with E-state index in [1.54, 1.807) is 17.0 Å². The normalized spacial score (nSPS) is 23.9. The highest BCUT2D eigenvalue weighted by atomic mass is 35.5. The average Bonchev–Trinajstić information content (AvgIpc) is 2.37. The number of ether oxygens (including phenoxy) is 1. The maximum Gasteiger partial charge on any atom is 0.293 e. The first-order valence-corrected chi connectivity index (χ1v) is 7.10. The van der Waals surface area contributed by atoms with Gasteiger partial charge in [0, 0.05) is 31.5 Å². The molecule has 0 bridgehead atoms. The smallest absolute Gasteiger partial charge is 0.293 e. The Kier molecular flexibility index (Phi) is 4.47. The molecule has 1 aliphatic rings. The largest absolute Gasteiger partial charge is 0.370 e. The van der Waals surface area contributed by atoms with E-state index in [1.807, 2.05) is 25.7 Å². The highest BCUT2D eigenvalue weighted by Crippen LogP contribution is 2.16. The third-order valence-electron chi connectivity index (χ3n) is 3.20. The number of hydrogen-bond donors (Lipinski definition) is 0. The molecule has 0 radical (unpaired) electrons. The third-order valence-corrected chi connectivity index (χ3v) is 3.55.